The minimum atomic E-state index is 0.721. The summed E-state index contributed by atoms with van der Waals surface area (Å²) in [4.78, 5) is 6.54. The first-order chi connectivity index (χ1) is 9.74. The lowest BCUT2D eigenvalue weighted by atomic mass is 10.0. The molecule has 98 valence electrons. The van der Waals surface area contributed by atoms with Crippen molar-refractivity contribution in [1.29, 1.82) is 0 Å². The lowest BCUT2D eigenvalue weighted by Gasteiger charge is -2.02. The monoisotopic (exact) mass is 301 g/mol. The summed E-state index contributed by atoms with van der Waals surface area (Å²) in [5, 5.41) is 13.4. The van der Waals surface area contributed by atoms with Gasteiger partial charge < -0.3 is 0 Å². The molecule has 0 bridgehead atoms. The van der Waals surface area contributed by atoms with Gasteiger partial charge in [0.05, 0.1) is 5.39 Å². The number of fused-ring (bicyclic) bond motifs is 3. The quantitative estimate of drug-likeness (QED) is 0.541. The maximum absolute atomic E-state index is 5.96. The van der Waals surface area contributed by atoms with Gasteiger partial charge in [-0.05, 0) is 35.0 Å². The summed E-state index contributed by atoms with van der Waals surface area (Å²) in [6.45, 7) is 2.08. The van der Waals surface area contributed by atoms with Gasteiger partial charge in [0.2, 0.25) is 0 Å². The molecule has 5 nitrogen and oxygen atoms in total. The van der Waals surface area contributed by atoms with Crippen LogP contribution in [0.2, 0.25) is 5.02 Å². The molecule has 0 saturated carbocycles. The molecule has 1 aromatic carbocycles. The zero-order valence-electron chi connectivity index (χ0n) is 10.4. The number of hydrogen-bond donors (Lipinski definition) is 0. The van der Waals surface area contributed by atoms with Crippen LogP contribution in [0.15, 0.2) is 30.6 Å². The molecule has 0 aliphatic carbocycles. The molecule has 3 heterocycles. The maximum atomic E-state index is 5.96. The Balaban J connectivity index is 2.14. The number of tetrazole rings is 1. The number of nitrogens with zero attached hydrogens (tertiary/aromatic N) is 5. The van der Waals surface area contributed by atoms with E-state index in [4.69, 9.17) is 11.6 Å². The highest BCUT2D eigenvalue weighted by Crippen LogP contribution is 2.38. The van der Waals surface area contributed by atoms with E-state index in [9.17, 15) is 0 Å². The Hall–Kier alpha value is -2.05. The van der Waals surface area contributed by atoms with Gasteiger partial charge in [-0.15, -0.1) is 16.4 Å². The van der Waals surface area contributed by atoms with Crippen molar-refractivity contribution in [2.24, 2.45) is 0 Å². The van der Waals surface area contributed by atoms with Gasteiger partial charge >= 0.3 is 0 Å². The highest BCUT2D eigenvalue weighted by Gasteiger charge is 2.16. The van der Waals surface area contributed by atoms with Crippen LogP contribution in [0.25, 0.3) is 27.0 Å². The normalized spacial score (nSPS) is 11.5. The van der Waals surface area contributed by atoms with E-state index >= 15 is 0 Å². The molecule has 0 aliphatic rings. The van der Waals surface area contributed by atoms with Crippen LogP contribution in [-0.4, -0.2) is 25.0 Å². The molecule has 0 fully saturated rings. The van der Waals surface area contributed by atoms with Gasteiger partial charge in [0.1, 0.15) is 11.2 Å². The molecule has 0 radical (unpaired) electrons. The van der Waals surface area contributed by atoms with Gasteiger partial charge in [-0.1, -0.05) is 23.7 Å². The first-order valence-corrected chi connectivity index (χ1v) is 7.15. The molecular weight excluding hydrogens is 294 g/mol. The molecule has 4 aromatic rings. The molecule has 0 saturated heterocycles. The summed E-state index contributed by atoms with van der Waals surface area (Å²) in [6.07, 6.45) is 1.64. The number of benzene rings is 1. The average Bonchev–Trinajstić information content (AvgIpc) is 3.02. The molecule has 3 aromatic heterocycles. The summed E-state index contributed by atoms with van der Waals surface area (Å²) in [5.41, 5.74) is 2.94. The van der Waals surface area contributed by atoms with Gasteiger partial charge in [0.15, 0.2) is 5.65 Å². The first-order valence-electron chi connectivity index (χ1n) is 5.96. The van der Waals surface area contributed by atoms with Crippen LogP contribution in [0.1, 0.15) is 4.88 Å². The van der Waals surface area contributed by atoms with E-state index in [-0.39, 0.29) is 0 Å². The smallest absolute Gasteiger partial charge is 0.191 e. The summed E-state index contributed by atoms with van der Waals surface area (Å²) in [5.74, 6) is 0. The van der Waals surface area contributed by atoms with Crippen LogP contribution in [0.3, 0.4) is 0 Å². The molecule has 4 rings (SSSR count). The number of halogens is 1. The van der Waals surface area contributed by atoms with Crippen molar-refractivity contribution < 1.29 is 0 Å². The second-order valence-corrected chi connectivity index (χ2v) is 6.05. The molecule has 0 N–H and O–H groups in total. The Morgan fingerprint density at radius 3 is 2.80 bits per heavy atom. The zero-order valence-corrected chi connectivity index (χ0v) is 12.0. The standard InChI is InChI=1S/C13H8ClN5S/c1-7-10(8-2-4-9(14)5-3-8)11-12-16-17-18-19(12)6-15-13(11)20-7/h2-6H,1H3. The summed E-state index contributed by atoms with van der Waals surface area (Å²) < 4.78 is 1.59. The third-order valence-electron chi connectivity index (χ3n) is 3.20. The van der Waals surface area contributed by atoms with Gasteiger partial charge in [0, 0.05) is 15.5 Å². The second-order valence-electron chi connectivity index (χ2n) is 4.41. The van der Waals surface area contributed by atoms with Crippen molar-refractivity contribution in [3.8, 4) is 11.1 Å². The van der Waals surface area contributed by atoms with Crippen LogP contribution >= 0.6 is 22.9 Å². The molecule has 0 aliphatic heterocycles. The van der Waals surface area contributed by atoms with E-state index in [1.807, 2.05) is 24.3 Å². The topological polar surface area (TPSA) is 56.0 Å². The van der Waals surface area contributed by atoms with Gasteiger partial charge in [0.25, 0.3) is 0 Å². The fourth-order valence-corrected chi connectivity index (χ4v) is 3.47. The van der Waals surface area contributed by atoms with E-state index in [0.717, 1.165) is 32.0 Å². The van der Waals surface area contributed by atoms with E-state index in [1.54, 1.807) is 22.2 Å². The van der Waals surface area contributed by atoms with Gasteiger partial charge in [-0.3, -0.25) is 0 Å². The van der Waals surface area contributed by atoms with E-state index in [0.29, 0.717) is 0 Å². The fourth-order valence-electron chi connectivity index (χ4n) is 2.34. The average molecular weight is 302 g/mol. The van der Waals surface area contributed by atoms with Crippen LogP contribution < -0.4 is 0 Å². The lowest BCUT2D eigenvalue weighted by Crippen LogP contribution is -1.90. The zero-order chi connectivity index (χ0) is 13.7. The molecule has 0 amide bonds. The highest BCUT2D eigenvalue weighted by atomic mass is 35.5. The Morgan fingerprint density at radius 1 is 1.20 bits per heavy atom. The van der Waals surface area contributed by atoms with E-state index in [2.05, 4.69) is 27.4 Å². The predicted octanol–water partition coefficient (Wildman–Crippen LogP) is 3.36. The molecular formula is C13H8ClN5S. The third kappa shape index (κ3) is 1.62. The highest BCUT2D eigenvalue weighted by molar-refractivity contribution is 7.19. The fraction of sp³-hybridized carbons (Fsp3) is 0.0769. The minimum absolute atomic E-state index is 0.721. The van der Waals surface area contributed by atoms with E-state index < -0.39 is 0 Å². The number of thiophene rings is 1. The Bertz CT molecular complexity index is 925. The summed E-state index contributed by atoms with van der Waals surface area (Å²) in [6, 6.07) is 7.78. The Kier molecular flexibility index (Phi) is 2.48. The van der Waals surface area contributed by atoms with Crippen LogP contribution in [0.4, 0.5) is 0 Å². The number of hydrogen-bond acceptors (Lipinski definition) is 5. The Morgan fingerprint density at radius 2 is 2.00 bits per heavy atom. The van der Waals surface area contributed by atoms with Crippen molar-refractivity contribution in [3.63, 3.8) is 0 Å². The summed E-state index contributed by atoms with van der Waals surface area (Å²) >= 11 is 7.61. The number of aromatic nitrogens is 5. The van der Waals surface area contributed by atoms with E-state index in [1.165, 1.54) is 4.88 Å². The van der Waals surface area contributed by atoms with Gasteiger partial charge in [-0.2, -0.15) is 4.52 Å². The Labute approximate surface area is 122 Å². The SMILES string of the molecule is Cc1sc2ncn3nnnc3c2c1-c1ccc(Cl)cc1. The first kappa shape index (κ1) is 11.7. The maximum Gasteiger partial charge on any atom is 0.191 e. The van der Waals surface area contributed by atoms with Crippen molar-refractivity contribution in [2.75, 3.05) is 0 Å². The van der Waals surface area contributed by atoms with Crippen molar-refractivity contribution in [2.45, 2.75) is 6.92 Å². The predicted molar refractivity (Wildman–Crippen MR) is 79.1 cm³/mol. The van der Waals surface area contributed by atoms with Gasteiger partial charge in [-0.25, -0.2) is 4.98 Å². The van der Waals surface area contributed by atoms with Crippen molar-refractivity contribution >= 4 is 38.8 Å². The molecule has 7 heteroatoms. The molecule has 0 unspecified atom stereocenters. The molecule has 0 atom stereocenters. The number of rotatable bonds is 1. The molecule has 0 spiro atoms. The van der Waals surface area contributed by atoms with Crippen LogP contribution in [-0.2, 0) is 0 Å². The lowest BCUT2D eigenvalue weighted by molar-refractivity contribution is 0.813. The minimum Gasteiger partial charge on any atom is -0.225 e. The van der Waals surface area contributed by atoms with Crippen LogP contribution in [0.5, 0.6) is 0 Å². The summed E-state index contributed by atoms with van der Waals surface area (Å²) in [7, 11) is 0. The second kappa shape index (κ2) is 4.22. The van der Waals surface area contributed by atoms with Crippen LogP contribution in [0, 0.1) is 6.92 Å². The molecule has 20 heavy (non-hydrogen) atoms. The number of aryl methyl sites for hydroxylation is 1. The third-order valence-corrected chi connectivity index (χ3v) is 4.46. The van der Waals surface area contributed by atoms with Crippen molar-refractivity contribution in [1.82, 2.24) is 25.0 Å². The largest absolute Gasteiger partial charge is 0.225 e. The van der Waals surface area contributed by atoms with Crippen molar-refractivity contribution in [3.05, 3.63) is 40.5 Å².